The standard InChI is InChI=1S/C18H18BrNO3.C18H17NO5.C18H19NO3.C9H8BrNO4.C8H7BrO2/c1-10-8-13(20)17(19)16(18(21)22-2)15(10)12-5-6-14-11(9-12)4-3-7-23-14;1-11-8-14(19(21)22)10-15(18(20)23-2)17(11)13-5-6-16-12(9-13)4-3-7-24-16;1-11-8-14(19)10-15(18(20)21-2)17(11)13-5-6-16-12(9-13)4-3-7-22-16;1-5-3-6(11(13)14)4-7(8(5)10)9(12)15-2;1-5-3-2-4-6(7(5)9)8(10)11/h5-6,8-9H,3-4,7,20H2,1-2H3;5-6,8-10H,3-4,7H2,1-2H3;5-6,8-10H,3-4,7,19H2,1-2H3;3-4H,1-2H3;2-4H,1H3,(H,10,11). The van der Waals surface area contributed by atoms with Gasteiger partial charge in [-0.05, 0) is 254 Å². The van der Waals surface area contributed by atoms with E-state index in [1.165, 1.54) is 58.3 Å². The van der Waals surface area contributed by atoms with Gasteiger partial charge in [-0.15, -0.1) is 0 Å². The van der Waals surface area contributed by atoms with E-state index in [-0.39, 0.29) is 28.5 Å². The van der Waals surface area contributed by atoms with Crippen LogP contribution in [0.1, 0.15) is 116 Å². The van der Waals surface area contributed by atoms with E-state index in [2.05, 4.69) is 64.7 Å². The number of anilines is 2. The highest BCUT2D eigenvalue weighted by molar-refractivity contribution is 9.11. The molecule has 8 aromatic rings. The summed E-state index contributed by atoms with van der Waals surface area (Å²) in [5.41, 5.74) is 27.0. The SMILES string of the molecule is COC(=O)c1c(Br)c(N)cc(C)c1-c1ccc2c(c1)CCCO2.COC(=O)c1cc(N)cc(C)c1-c1ccc2c(c1)CCCO2.COC(=O)c1cc([N+](=O)[O-])cc(C)c1-c1ccc2c(c1)CCCO2.COC(=O)c1cc([N+](=O)[O-])cc(C)c1Br.Cc1cccc(C(=O)O)c1Br. The maximum atomic E-state index is 12.3. The van der Waals surface area contributed by atoms with Gasteiger partial charge in [0, 0.05) is 50.1 Å². The quantitative estimate of drug-likeness (QED) is 0.0377. The van der Waals surface area contributed by atoms with Crippen molar-refractivity contribution in [3.63, 3.8) is 0 Å². The number of rotatable bonds is 10. The van der Waals surface area contributed by atoms with Gasteiger partial charge in [-0.2, -0.15) is 0 Å². The predicted octanol–water partition coefficient (Wildman–Crippen LogP) is 16.1. The molecule has 0 unspecified atom stereocenters. The Morgan fingerprint density at radius 3 is 1.27 bits per heavy atom. The molecule has 3 aliphatic rings. The number of halogens is 3. The molecule has 3 aliphatic heterocycles. The summed E-state index contributed by atoms with van der Waals surface area (Å²) in [4.78, 5) is 79.0. The number of carboxylic acid groups (broad SMARTS) is 1. The first-order valence-electron chi connectivity index (χ1n) is 29.6. The summed E-state index contributed by atoms with van der Waals surface area (Å²) < 4.78 is 37.9. The first-order valence-corrected chi connectivity index (χ1v) is 31.9. The van der Waals surface area contributed by atoms with Crippen molar-refractivity contribution in [2.75, 3.05) is 59.7 Å². The number of carbonyl (C=O) groups excluding carboxylic acids is 4. The van der Waals surface area contributed by atoms with Gasteiger partial charge >= 0.3 is 29.8 Å². The van der Waals surface area contributed by atoms with Gasteiger partial charge in [0.2, 0.25) is 0 Å². The number of esters is 4. The second-order valence-electron chi connectivity index (χ2n) is 22.0. The number of carboxylic acids is 1. The summed E-state index contributed by atoms with van der Waals surface area (Å²) in [5, 5.41) is 30.3. The maximum absolute atomic E-state index is 12.3. The van der Waals surface area contributed by atoms with Crippen molar-refractivity contribution in [1.82, 2.24) is 0 Å². The lowest BCUT2D eigenvalue weighted by atomic mass is 9.92. The van der Waals surface area contributed by atoms with Gasteiger partial charge in [0.15, 0.2) is 0 Å². The molecular formula is C71H69Br3N4O17. The Morgan fingerprint density at radius 2 is 0.842 bits per heavy atom. The number of ether oxygens (including phenoxy) is 7. The van der Waals surface area contributed by atoms with E-state index in [1.54, 1.807) is 32.0 Å². The van der Waals surface area contributed by atoms with Crippen LogP contribution in [0.5, 0.6) is 17.2 Å². The fourth-order valence-electron chi connectivity index (χ4n) is 11.0. The molecule has 0 fully saturated rings. The van der Waals surface area contributed by atoms with Gasteiger partial charge in [0.1, 0.15) is 17.2 Å². The number of nitro benzene ring substituents is 2. The van der Waals surface area contributed by atoms with Gasteiger partial charge in [0.25, 0.3) is 11.4 Å². The Kier molecular flexibility index (Phi) is 25.2. The summed E-state index contributed by atoms with van der Waals surface area (Å²) in [6, 6.07) is 33.7. The molecule has 24 heteroatoms. The largest absolute Gasteiger partial charge is 0.493 e. The molecule has 0 bridgehead atoms. The summed E-state index contributed by atoms with van der Waals surface area (Å²) in [5.74, 6) is -0.172. The predicted molar refractivity (Wildman–Crippen MR) is 371 cm³/mol. The van der Waals surface area contributed by atoms with Crippen molar-refractivity contribution < 1.29 is 72.1 Å². The van der Waals surface area contributed by atoms with Crippen LogP contribution < -0.4 is 25.7 Å². The van der Waals surface area contributed by atoms with Crippen LogP contribution in [0.15, 0.2) is 129 Å². The molecular weight excluding hydrogens is 1420 g/mol. The normalized spacial score (nSPS) is 12.2. The van der Waals surface area contributed by atoms with Crippen LogP contribution in [0.25, 0.3) is 33.4 Å². The van der Waals surface area contributed by atoms with Crippen molar-refractivity contribution >= 4 is 100 Å². The van der Waals surface area contributed by atoms with Gasteiger partial charge < -0.3 is 49.7 Å². The molecule has 0 amide bonds. The number of methoxy groups -OCH3 is 4. The number of hydrogen-bond donors (Lipinski definition) is 3. The van der Waals surface area contributed by atoms with Gasteiger partial charge in [-0.1, -0.05) is 30.3 Å². The number of nitro groups is 2. The van der Waals surface area contributed by atoms with E-state index >= 15 is 0 Å². The first-order chi connectivity index (χ1) is 45.2. The van der Waals surface area contributed by atoms with Crippen LogP contribution in [0, 0.1) is 54.8 Å². The molecule has 0 aromatic heterocycles. The van der Waals surface area contributed by atoms with E-state index in [1.807, 2.05) is 81.4 Å². The Morgan fingerprint density at radius 1 is 0.453 bits per heavy atom. The van der Waals surface area contributed by atoms with E-state index in [9.17, 15) is 44.2 Å². The average molecular weight is 1490 g/mol. The molecule has 11 rings (SSSR count). The second-order valence-corrected chi connectivity index (χ2v) is 24.3. The number of fused-ring (bicyclic) bond motifs is 3. The maximum Gasteiger partial charge on any atom is 0.339 e. The van der Waals surface area contributed by atoms with Gasteiger partial charge in [-0.3, -0.25) is 20.2 Å². The smallest absolute Gasteiger partial charge is 0.339 e. The number of aromatic carboxylic acids is 1. The molecule has 8 aromatic carbocycles. The van der Waals surface area contributed by atoms with Crippen molar-refractivity contribution in [1.29, 1.82) is 0 Å². The number of nitrogen functional groups attached to an aromatic ring is 2. The zero-order valence-corrected chi connectivity index (χ0v) is 58.3. The molecule has 0 radical (unpaired) electrons. The number of benzene rings is 8. The van der Waals surface area contributed by atoms with Crippen molar-refractivity contribution in [3.05, 3.63) is 221 Å². The van der Waals surface area contributed by atoms with Crippen molar-refractivity contribution in [2.24, 2.45) is 0 Å². The van der Waals surface area contributed by atoms with Gasteiger partial charge in [0.05, 0.1) is 90.4 Å². The van der Waals surface area contributed by atoms with Crippen LogP contribution in [0.2, 0.25) is 0 Å². The Bertz CT molecular complexity index is 4310. The topological polar surface area (TPSA) is 309 Å². The monoisotopic (exact) mass is 1490 g/mol. The van der Waals surface area contributed by atoms with Crippen LogP contribution >= 0.6 is 47.8 Å². The van der Waals surface area contributed by atoms with E-state index in [0.717, 1.165) is 125 Å². The number of carbonyl (C=O) groups is 5. The molecule has 496 valence electrons. The fraction of sp³-hybridized carbons (Fsp3) is 0.254. The fourth-order valence-corrected chi connectivity index (χ4v) is 12.3. The summed E-state index contributed by atoms with van der Waals surface area (Å²) in [6.45, 7) is 11.4. The molecule has 5 N–H and O–H groups in total. The third kappa shape index (κ3) is 17.6. The van der Waals surface area contributed by atoms with Crippen molar-refractivity contribution in [2.45, 2.75) is 73.1 Å². The molecule has 0 saturated heterocycles. The molecule has 0 atom stereocenters. The molecule has 0 saturated carbocycles. The van der Waals surface area contributed by atoms with Crippen LogP contribution in [-0.2, 0) is 38.2 Å². The van der Waals surface area contributed by atoms with E-state index < -0.39 is 33.7 Å². The Balaban J connectivity index is 0.000000172. The molecule has 3 heterocycles. The summed E-state index contributed by atoms with van der Waals surface area (Å²) >= 11 is 9.81. The van der Waals surface area contributed by atoms with Crippen LogP contribution in [0.4, 0.5) is 22.7 Å². The number of non-ortho nitro benzene ring substituents is 2. The third-order valence-electron chi connectivity index (χ3n) is 15.4. The van der Waals surface area contributed by atoms with E-state index in [0.29, 0.717) is 64.8 Å². The van der Waals surface area contributed by atoms with Gasteiger partial charge in [-0.25, -0.2) is 24.0 Å². The van der Waals surface area contributed by atoms with Crippen LogP contribution in [-0.4, -0.2) is 93.1 Å². The highest BCUT2D eigenvalue weighted by atomic mass is 79.9. The number of aryl methyl sites for hydroxylation is 8. The molecule has 0 spiro atoms. The average Bonchev–Trinajstić information content (AvgIpc) is 0.791. The second kappa shape index (κ2) is 33.0. The minimum Gasteiger partial charge on any atom is -0.493 e. The molecule has 0 aliphatic carbocycles. The lowest BCUT2D eigenvalue weighted by Gasteiger charge is -2.20. The lowest BCUT2D eigenvalue weighted by molar-refractivity contribution is -0.385. The Labute approximate surface area is 573 Å². The van der Waals surface area contributed by atoms with Crippen LogP contribution in [0.3, 0.4) is 0 Å². The Hall–Kier alpha value is -9.65. The number of nitrogens with two attached hydrogens (primary N) is 2. The van der Waals surface area contributed by atoms with Crippen molar-refractivity contribution in [3.8, 4) is 50.6 Å². The minimum absolute atomic E-state index is 0.127. The van der Waals surface area contributed by atoms with E-state index in [4.69, 9.17) is 45.0 Å². The first kappa shape index (κ1) is 72.8. The summed E-state index contributed by atoms with van der Waals surface area (Å²) in [7, 11) is 5.24. The number of nitrogens with zero attached hydrogens (tertiary/aromatic N) is 2. The zero-order chi connectivity index (χ0) is 69.5. The minimum atomic E-state index is -0.902. The third-order valence-corrected chi connectivity index (χ3v) is 18.4. The number of hydrogen-bond acceptors (Lipinski definition) is 18. The summed E-state index contributed by atoms with van der Waals surface area (Å²) in [6.07, 6.45) is 5.84. The highest BCUT2D eigenvalue weighted by Crippen LogP contribution is 2.41. The molecule has 21 nitrogen and oxygen atoms in total. The molecule has 95 heavy (non-hydrogen) atoms. The zero-order valence-electron chi connectivity index (χ0n) is 53.5. The highest BCUT2D eigenvalue weighted by Gasteiger charge is 2.26. The lowest BCUT2D eigenvalue weighted by Crippen LogP contribution is -2.10.